The first-order valence-corrected chi connectivity index (χ1v) is 5.78. The number of hydrogen-bond donors (Lipinski definition) is 2. The molecule has 5 nitrogen and oxygen atoms in total. The van der Waals surface area contributed by atoms with Gasteiger partial charge in [-0.05, 0) is 29.8 Å². The van der Waals surface area contributed by atoms with E-state index in [2.05, 4.69) is 15.3 Å². The Morgan fingerprint density at radius 3 is 2.68 bits per heavy atom. The van der Waals surface area contributed by atoms with Crippen LogP contribution in [0, 0.1) is 5.82 Å². The molecule has 1 aromatic carbocycles. The summed E-state index contributed by atoms with van der Waals surface area (Å²) in [4.78, 5) is 19.3. The number of carbonyl (C=O) groups excluding carboxylic acids is 1. The van der Waals surface area contributed by atoms with Crippen LogP contribution in [0.15, 0.2) is 24.3 Å². The fourth-order valence-electron chi connectivity index (χ4n) is 1.36. The number of hydrogen-bond acceptors (Lipinski definition) is 4. The molecule has 2 aromatic rings. The van der Waals surface area contributed by atoms with Crippen LogP contribution in [0.1, 0.15) is 10.4 Å². The van der Waals surface area contributed by atoms with E-state index in [0.717, 1.165) is 12.1 Å². The molecule has 0 saturated heterocycles. The molecule has 0 saturated carbocycles. The van der Waals surface area contributed by atoms with E-state index in [-0.39, 0.29) is 27.5 Å². The summed E-state index contributed by atoms with van der Waals surface area (Å²) in [5.41, 5.74) is 5.73. The number of aromatic nitrogens is 2. The summed E-state index contributed by atoms with van der Waals surface area (Å²) in [6, 6.07) is 4.78. The second-order valence-corrected chi connectivity index (χ2v) is 4.26. The second-order valence-electron chi connectivity index (χ2n) is 3.53. The van der Waals surface area contributed by atoms with Gasteiger partial charge < -0.3 is 11.1 Å². The zero-order chi connectivity index (χ0) is 14.0. The van der Waals surface area contributed by atoms with Crippen LogP contribution in [0.5, 0.6) is 0 Å². The highest BCUT2D eigenvalue weighted by Gasteiger charge is 2.12. The predicted octanol–water partition coefficient (Wildman–Crippen LogP) is 2.76. The Morgan fingerprint density at radius 1 is 1.26 bits per heavy atom. The first kappa shape index (κ1) is 13.5. The fourth-order valence-corrected chi connectivity index (χ4v) is 1.77. The van der Waals surface area contributed by atoms with Crippen LogP contribution in [0.3, 0.4) is 0 Å². The number of rotatable bonds is 2. The zero-order valence-electron chi connectivity index (χ0n) is 9.32. The normalized spacial score (nSPS) is 10.3. The minimum atomic E-state index is -0.622. The summed E-state index contributed by atoms with van der Waals surface area (Å²) in [5, 5.41) is 2.36. The zero-order valence-corrected chi connectivity index (χ0v) is 10.8. The van der Waals surface area contributed by atoms with Crippen molar-refractivity contribution in [3.63, 3.8) is 0 Å². The van der Waals surface area contributed by atoms with Crippen molar-refractivity contribution >= 4 is 40.6 Å². The Kier molecular flexibility index (Phi) is 3.82. The standard InChI is InChI=1S/C11H7Cl2FN4O/c12-8-4-9(18-11(13)16-8)17-10(19)6-3-5(14)1-2-7(6)15/h1-4H,15H2,(H,16,17,18,19). The van der Waals surface area contributed by atoms with Crippen LogP contribution in [0.25, 0.3) is 0 Å². The Bertz CT molecular complexity index is 630. The van der Waals surface area contributed by atoms with E-state index in [0.29, 0.717) is 0 Å². The maximum Gasteiger partial charge on any atom is 0.259 e. The van der Waals surface area contributed by atoms with Crippen molar-refractivity contribution in [3.05, 3.63) is 46.1 Å². The molecule has 0 radical (unpaired) electrons. The van der Waals surface area contributed by atoms with E-state index in [1.54, 1.807) is 0 Å². The van der Waals surface area contributed by atoms with Crippen molar-refractivity contribution in [2.24, 2.45) is 0 Å². The molecule has 0 spiro atoms. The molecule has 8 heteroatoms. The highest BCUT2D eigenvalue weighted by Crippen LogP contribution is 2.18. The van der Waals surface area contributed by atoms with E-state index >= 15 is 0 Å². The molecule has 0 atom stereocenters. The molecular formula is C11H7Cl2FN4O. The quantitative estimate of drug-likeness (QED) is 0.508. The van der Waals surface area contributed by atoms with Crippen LogP contribution in [-0.2, 0) is 0 Å². The van der Waals surface area contributed by atoms with E-state index < -0.39 is 11.7 Å². The van der Waals surface area contributed by atoms with Crippen LogP contribution < -0.4 is 11.1 Å². The average molecular weight is 301 g/mol. The van der Waals surface area contributed by atoms with Crippen molar-refractivity contribution in [2.45, 2.75) is 0 Å². The lowest BCUT2D eigenvalue weighted by molar-refractivity contribution is 0.102. The Morgan fingerprint density at radius 2 is 2.00 bits per heavy atom. The van der Waals surface area contributed by atoms with Gasteiger partial charge in [-0.3, -0.25) is 4.79 Å². The molecule has 0 unspecified atom stereocenters. The lowest BCUT2D eigenvalue weighted by Crippen LogP contribution is -2.15. The van der Waals surface area contributed by atoms with Crippen LogP contribution in [0.2, 0.25) is 10.4 Å². The molecule has 0 fully saturated rings. The molecule has 1 aromatic heterocycles. The third kappa shape index (κ3) is 3.30. The number of nitrogen functional groups attached to an aromatic ring is 1. The molecule has 1 amide bonds. The molecule has 0 aliphatic rings. The van der Waals surface area contributed by atoms with Gasteiger partial charge >= 0.3 is 0 Å². The Hall–Kier alpha value is -1.92. The van der Waals surface area contributed by atoms with Gasteiger partial charge in [0.2, 0.25) is 5.28 Å². The first-order valence-electron chi connectivity index (χ1n) is 5.02. The van der Waals surface area contributed by atoms with Gasteiger partial charge in [0.05, 0.1) is 5.56 Å². The highest BCUT2D eigenvalue weighted by atomic mass is 35.5. The predicted molar refractivity (Wildman–Crippen MR) is 70.8 cm³/mol. The average Bonchev–Trinajstić information content (AvgIpc) is 2.30. The molecule has 19 heavy (non-hydrogen) atoms. The maximum atomic E-state index is 13.1. The van der Waals surface area contributed by atoms with Crippen molar-refractivity contribution < 1.29 is 9.18 Å². The number of nitrogens with two attached hydrogens (primary N) is 1. The summed E-state index contributed by atoms with van der Waals surface area (Å²) in [6.07, 6.45) is 0. The molecule has 3 N–H and O–H groups in total. The minimum absolute atomic E-state index is 0.00847. The summed E-state index contributed by atoms with van der Waals surface area (Å²) < 4.78 is 13.1. The van der Waals surface area contributed by atoms with Crippen molar-refractivity contribution in [1.29, 1.82) is 0 Å². The van der Waals surface area contributed by atoms with Gasteiger partial charge in [0, 0.05) is 11.8 Å². The summed E-state index contributed by atoms with van der Waals surface area (Å²) >= 11 is 11.3. The molecule has 0 aliphatic heterocycles. The highest BCUT2D eigenvalue weighted by molar-refractivity contribution is 6.32. The van der Waals surface area contributed by atoms with E-state index in [4.69, 9.17) is 28.9 Å². The summed E-state index contributed by atoms with van der Waals surface area (Å²) in [7, 11) is 0. The molecule has 1 heterocycles. The second kappa shape index (κ2) is 5.38. The van der Waals surface area contributed by atoms with Gasteiger partial charge in [-0.2, -0.15) is 0 Å². The minimum Gasteiger partial charge on any atom is -0.398 e. The Balaban J connectivity index is 2.28. The van der Waals surface area contributed by atoms with Crippen LogP contribution in [-0.4, -0.2) is 15.9 Å². The molecule has 98 valence electrons. The lowest BCUT2D eigenvalue weighted by Gasteiger charge is -2.07. The SMILES string of the molecule is Nc1ccc(F)cc1C(=O)Nc1cc(Cl)nc(Cl)n1. The maximum absolute atomic E-state index is 13.1. The number of carbonyl (C=O) groups is 1. The molecule has 0 aliphatic carbocycles. The number of nitrogens with one attached hydrogen (secondary N) is 1. The van der Waals surface area contributed by atoms with Crippen molar-refractivity contribution in [3.8, 4) is 0 Å². The van der Waals surface area contributed by atoms with E-state index in [1.165, 1.54) is 12.1 Å². The third-order valence-corrected chi connectivity index (χ3v) is 2.53. The summed E-state index contributed by atoms with van der Waals surface area (Å²) in [6.45, 7) is 0. The van der Waals surface area contributed by atoms with Gasteiger partial charge in [-0.15, -0.1) is 0 Å². The van der Waals surface area contributed by atoms with Crippen LogP contribution in [0.4, 0.5) is 15.9 Å². The van der Waals surface area contributed by atoms with Gasteiger partial charge in [0.25, 0.3) is 5.91 Å². The monoisotopic (exact) mass is 300 g/mol. The van der Waals surface area contributed by atoms with Gasteiger partial charge in [0.15, 0.2) is 0 Å². The summed E-state index contributed by atoms with van der Waals surface area (Å²) in [5.74, 6) is -1.10. The lowest BCUT2D eigenvalue weighted by atomic mass is 10.1. The number of benzene rings is 1. The fraction of sp³-hybridized carbons (Fsp3) is 0. The van der Waals surface area contributed by atoms with Crippen molar-refractivity contribution in [1.82, 2.24) is 9.97 Å². The van der Waals surface area contributed by atoms with E-state index in [1.807, 2.05) is 0 Å². The number of anilines is 2. The van der Waals surface area contributed by atoms with Gasteiger partial charge in [-0.25, -0.2) is 14.4 Å². The molecule has 0 bridgehead atoms. The van der Waals surface area contributed by atoms with Crippen molar-refractivity contribution in [2.75, 3.05) is 11.1 Å². The largest absolute Gasteiger partial charge is 0.398 e. The van der Waals surface area contributed by atoms with Gasteiger partial charge in [-0.1, -0.05) is 11.6 Å². The number of nitrogens with zero attached hydrogens (tertiary/aromatic N) is 2. The first-order chi connectivity index (χ1) is 8.95. The smallest absolute Gasteiger partial charge is 0.259 e. The van der Waals surface area contributed by atoms with Crippen LogP contribution >= 0.6 is 23.2 Å². The molecule has 2 rings (SSSR count). The topological polar surface area (TPSA) is 80.9 Å². The van der Waals surface area contributed by atoms with Gasteiger partial charge in [0.1, 0.15) is 16.8 Å². The third-order valence-electron chi connectivity index (χ3n) is 2.17. The number of amides is 1. The number of halogens is 3. The Labute approximate surface area is 117 Å². The molecular weight excluding hydrogens is 294 g/mol. The van der Waals surface area contributed by atoms with E-state index in [9.17, 15) is 9.18 Å².